The second-order valence-electron chi connectivity index (χ2n) is 9.37. The summed E-state index contributed by atoms with van der Waals surface area (Å²) in [5.74, 6) is 0.684. The van der Waals surface area contributed by atoms with Gasteiger partial charge in [0.25, 0.3) is 0 Å². The van der Waals surface area contributed by atoms with Crippen molar-refractivity contribution in [2.45, 2.75) is 96.8 Å². The molecule has 142 valence electrons. The van der Waals surface area contributed by atoms with E-state index in [-0.39, 0.29) is 10.8 Å². The van der Waals surface area contributed by atoms with Crippen LogP contribution in [0.15, 0.2) is 24.4 Å². The molecule has 1 aromatic heterocycles. The second-order valence-corrected chi connectivity index (χ2v) is 10.4. The molecule has 0 saturated carbocycles. The smallest absolute Gasteiger partial charge is 0.123 e. The zero-order valence-electron chi connectivity index (χ0n) is 17.5. The van der Waals surface area contributed by atoms with Gasteiger partial charge in [0.2, 0.25) is 0 Å². The summed E-state index contributed by atoms with van der Waals surface area (Å²) in [6, 6.07) is 7.12. The van der Waals surface area contributed by atoms with Crippen LogP contribution >= 0.6 is 11.3 Å². The molecule has 1 heterocycles. The van der Waals surface area contributed by atoms with Gasteiger partial charge in [-0.25, -0.2) is 4.98 Å². The van der Waals surface area contributed by atoms with Crippen molar-refractivity contribution in [3.8, 4) is 10.6 Å². The van der Waals surface area contributed by atoms with Crippen LogP contribution in [0.3, 0.4) is 0 Å². The van der Waals surface area contributed by atoms with Gasteiger partial charge < -0.3 is 0 Å². The Hall–Kier alpha value is -1.15. The second kappa shape index (κ2) is 7.46. The van der Waals surface area contributed by atoms with Gasteiger partial charge in [0.1, 0.15) is 5.01 Å². The zero-order chi connectivity index (χ0) is 18.9. The lowest BCUT2D eigenvalue weighted by Crippen LogP contribution is -2.33. The third-order valence-corrected chi connectivity index (χ3v) is 7.51. The largest absolute Gasteiger partial charge is 0.244 e. The summed E-state index contributed by atoms with van der Waals surface area (Å²) in [6.45, 7) is 14.2. The van der Waals surface area contributed by atoms with E-state index in [4.69, 9.17) is 4.98 Å². The lowest BCUT2D eigenvalue weighted by Gasteiger charge is -2.42. The minimum Gasteiger partial charge on any atom is -0.244 e. The first-order valence-electron chi connectivity index (χ1n) is 10.4. The van der Waals surface area contributed by atoms with E-state index in [1.165, 1.54) is 65.1 Å². The zero-order valence-corrected chi connectivity index (χ0v) is 18.3. The quantitative estimate of drug-likeness (QED) is 0.505. The Kier molecular flexibility index (Phi) is 5.63. The van der Waals surface area contributed by atoms with E-state index in [0.717, 1.165) is 0 Å². The summed E-state index contributed by atoms with van der Waals surface area (Å²) in [4.78, 5) is 6.30. The third kappa shape index (κ3) is 3.76. The van der Waals surface area contributed by atoms with Crippen LogP contribution in [0.5, 0.6) is 0 Å². The predicted molar refractivity (Wildman–Crippen MR) is 115 cm³/mol. The number of thiazole rings is 1. The lowest BCUT2D eigenvalue weighted by molar-refractivity contribution is 0.332. The summed E-state index contributed by atoms with van der Waals surface area (Å²) in [5, 5.41) is 1.19. The number of rotatable bonds is 6. The molecule has 0 saturated heterocycles. The molecule has 1 aliphatic rings. The van der Waals surface area contributed by atoms with Crippen LogP contribution in [0.25, 0.3) is 10.6 Å². The van der Waals surface area contributed by atoms with Crippen LogP contribution < -0.4 is 0 Å². The Labute approximate surface area is 164 Å². The van der Waals surface area contributed by atoms with Gasteiger partial charge in [0.15, 0.2) is 0 Å². The molecule has 2 heteroatoms. The van der Waals surface area contributed by atoms with Gasteiger partial charge in [-0.2, -0.15) is 0 Å². The Bertz CT molecular complexity index is 747. The van der Waals surface area contributed by atoms with E-state index in [1.807, 2.05) is 11.3 Å². The van der Waals surface area contributed by atoms with E-state index >= 15 is 0 Å². The van der Waals surface area contributed by atoms with E-state index in [9.17, 15) is 0 Å². The van der Waals surface area contributed by atoms with Crippen LogP contribution in [-0.2, 0) is 10.8 Å². The molecular weight excluding hydrogens is 334 g/mol. The first-order chi connectivity index (χ1) is 12.3. The molecule has 0 fully saturated rings. The monoisotopic (exact) mass is 369 g/mol. The van der Waals surface area contributed by atoms with Crippen molar-refractivity contribution in [3.05, 3.63) is 40.4 Å². The number of nitrogens with zero attached hydrogens (tertiary/aromatic N) is 1. The van der Waals surface area contributed by atoms with Crippen molar-refractivity contribution in [1.82, 2.24) is 4.98 Å². The van der Waals surface area contributed by atoms with Crippen molar-refractivity contribution in [3.63, 3.8) is 0 Å². The molecule has 1 nitrogen and oxygen atoms in total. The molecule has 2 aromatic rings. The van der Waals surface area contributed by atoms with Gasteiger partial charge in [-0.1, -0.05) is 66.5 Å². The number of benzene rings is 1. The highest BCUT2D eigenvalue weighted by molar-refractivity contribution is 7.15. The van der Waals surface area contributed by atoms with Crippen LogP contribution in [0.1, 0.15) is 102 Å². The van der Waals surface area contributed by atoms with Gasteiger partial charge in [0, 0.05) is 16.6 Å². The lowest BCUT2D eigenvalue weighted by atomic mass is 9.63. The summed E-state index contributed by atoms with van der Waals surface area (Å²) in [7, 11) is 0. The van der Waals surface area contributed by atoms with E-state index in [2.05, 4.69) is 65.9 Å². The summed E-state index contributed by atoms with van der Waals surface area (Å²) < 4.78 is 0. The van der Waals surface area contributed by atoms with Gasteiger partial charge in [-0.15, -0.1) is 11.3 Å². The maximum Gasteiger partial charge on any atom is 0.123 e. The fourth-order valence-electron chi connectivity index (χ4n) is 4.46. The van der Waals surface area contributed by atoms with Crippen LogP contribution in [0.4, 0.5) is 0 Å². The van der Waals surface area contributed by atoms with Gasteiger partial charge in [-0.3, -0.25) is 0 Å². The molecule has 0 bridgehead atoms. The van der Waals surface area contributed by atoms with E-state index < -0.39 is 0 Å². The Morgan fingerprint density at radius 1 is 0.962 bits per heavy atom. The summed E-state index contributed by atoms with van der Waals surface area (Å²) in [5.41, 5.74) is 4.90. The molecule has 26 heavy (non-hydrogen) atoms. The van der Waals surface area contributed by atoms with E-state index in [0.29, 0.717) is 5.92 Å². The van der Waals surface area contributed by atoms with Crippen molar-refractivity contribution < 1.29 is 0 Å². The average molecular weight is 370 g/mol. The number of hydrogen-bond acceptors (Lipinski definition) is 2. The molecule has 0 unspecified atom stereocenters. The minimum absolute atomic E-state index is 0.258. The van der Waals surface area contributed by atoms with Crippen LogP contribution in [-0.4, -0.2) is 4.98 Å². The Balaban J connectivity index is 1.96. The third-order valence-electron chi connectivity index (χ3n) is 6.30. The van der Waals surface area contributed by atoms with Gasteiger partial charge >= 0.3 is 0 Å². The van der Waals surface area contributed by atoms with Crippen molar-refractivity contribution >= 4 is 11.3 Å². The molecule has 0 atom stereocenters. The highest BCUT2D eigenvalue weighted by Crippen LogP contribution is 2.47. The summed E-state index contributed by atoms with van der Waals surface area (Å²) >= 11 is 1.91. The number of fused-ring (bicyclic) bond motifs is 1. The van der Waals surface area contributed by atoms with Gasteiger partial charge in [-0.05, 0) is 59.6 Å². The molecule has 1 aromatic carbocycles. The highest BCUT2D eigenvalue weighted by Gasteiger charge is 2.37. The maximum atomic E-state index is 4.82. The highest BCUT2D eigenvalue weighted by atomic mass is 32.1. The van der Waals surface area contributed by atoms with Crippen LogP contribution in [0.2, 0.25) is 0 Å². The molecule has 0 spiro atoms. The molecule has 0 radical (unpaired) electrons. The molecule has 0 amide bonds. The Morgan fingerprint density at radius 2 is 1.58 bits per heavy atom. The fraction of sp³-hybridized carbons (Fsp3) is 0.625. The van der Waals surface area contributed by atoms with Crippen LogP contribution in [0, 0.1) is 0 Å². The average Bonchev–Trinajstić information content (AvgIpc) is 3.09. The first-order valence-corrected chi connectivity index (χ1v) is 11.2. The van der Waals surface area contributed by atoms with E-state index in [1.54, 1.807) is 0 Å². The topological polar surface area (TPSA) is 12.9 Å². The SMILES string of the molecule is CCCC(CCC)c1cnc(-c2ccc3c(c2)C(C)(C)CCC3(C)C)s1. The Morgan fingerprint density at radius 3 is 2.19 bits per heavy atom. The molecule has 0 aliphatic heterocycles. The standard InChI is InChI=1S/C24H35NS/c1-7-9-17(10-8-2)21-16-25-22(26-21)18-11-12-19-20(15-18)24(5,6)14-13-23(19,3)4/h11-12,15-17H,7-10,13-14H2,1-6H3. The molecule has 3 rings (SSSR count). The number of hydrogen-bond donors (Lipinski definition) is 0. The van der Waals surface area contributed by atoms with Gasteiger partial charge in [0.05, 0.1) is 0 Å². The number of aromatic nitrogens is 1. The first kappa shape index (κ1) is 19.6. The fourth-order valence-corrected chi connectivity index (χ4v) is 5.54. The maximum absolute atomic E-state index is 4.82. The molecule has 0 N–H and O–H groups in total. The normalized spacial score (nSPS) is 18.1. The predicted octanol–water partition coefficient (Wildman–Crippen LogP) is 7.84. The van der Waals surface area contributed by atoms with Crippen molar-refractivity contribution in [2.75, 3.05) is 0 Å². The molecule has 1 aliphatic carbocycles. The summed E-state index contributed by atoms with van der Waals surface area (Å²) in [6.07, 6.45) is 9.73. The van der Waals surface area contributed by atoms with Crippen molar-refractivity contribution in [2.24, 2.45) is 0 Å². The minimum atomic E-state index is 0.258. The molecular formula is C24H35NS. The van der Waals surface area contributed by atoms with Crippen molar-refractivity contribution in [1.29, 1.82) is 0 Å².